The van der Waals surface area contributed by atoms with Gasteiger partial charge in [-0.05, 0) is 111 Å². The first-order valence-corrected chi connectivity index (χ1v) is 19.2. The Morgan fingerprint density at radius 3 is 1.72 bits per heavy atom. The van der Waals surface area contributed by atoms with E-state index >= 15 is 0 Å². The van der Waals surface area contributed by atoms with E-state index in [0.717, 1.165) is 72.4 Å². The predicted octanol–water partition coefficient (Wildman–Crippen LogP) is 15.0. The van der Waals surface area contributed by atoms with E-state index in [9.17, 15) is 0 Å². The maximum Gasteiger partial charge on any atom is 0.227 e. The van der Waals surface area contributed by atoms with E-state index in [2.05, 4.69) is 169 Å². The van der Waals surface area contributed by atoms with E-state index in [1.54, 1.807) is 0 Å². The summed E-state index contributed by atoms with van der Waals surface area (Å²) in [6, 6.07) is 72.5. The Kier molecular flexibility index (Phi) is 7.78. The van der Waals surface area contributed by atoms with E-state index < -0.39 is 0 Å². The van der Waals surface area contributed by atoms with Gasteiger partial charge in [0.05, 0.1) is 11.1 Å². The average molecular weight is 731 g/mol. The molecule has 4 heteroatoms. The normalized spacial score (nSPS) is 11.5. The van der Waals surface area contributed by atoms with Gasteiger partial charge < -0.3 is 13.7 Å². The van der Waals surface area contributed by atoms with Crippen LogP contribution in [-0.4, -0.2) is 4.98 Å². The molecule has 11 rings (SSSR count). The van der Waals surface area contributed by atoms with Gasteiger partial charge in [-0.3, -0.25) is 0 Å². The molecule has 57 heavy (non-hydrogen) atoms. The topological polar surface area (TPSA) is 42.4 Å². The lowest BCUT2D eigenvalue weighted by atomic mass is 9.98. The fourth-order valence-corrected chi connectivity index (χ4v) is 8.06. The molecule has 0 fully saturated rings. The third-order valence-electron chi connectivity index (χ3n) is 10.9. The van der Waals surface area contributed by atoms with E-state index in [1.807, 2.05) is 42.5 Å². The van der Waals surface area contributed by atoms with Crippen LogP contribution in [0.2, 0.25) is 0 Å². The van der Waals surface area contributed by atoms with Crippen LogP contribution in [0.4, 0.5) is 17.1 Å². The second kappa shape index (κ2) is 13.6. The second-order valence-corrected chi connectivity index (χ2v) is 14.4. The number of oxazole rings is 1. The Morgan fingerprint density at radius 2 is 0.965 bits per heavy atom. The Bertz CT molecular complexity index is 3220. The molecule has 11 aromatic rings. The third-order valence-corrected chi connectivity index (χ3v) is 10.9. The van der Waals surface area contributed by atoms with Gasteiger partial charge in [-0.15, -0.1) is 0 Å². The van der Waals surface area contributed by atoms with Crippen molar-refractivity contribution in [2.24, 2.45) is 0 Å². The number of furan rings is 1. The van der Waals surface area contributed by atoms with Crippen molar-refractivity contribution in [1.29, 1.82) is 0 Å². The number of anilines is 3. The van der Waals surface area contributed by atoms with Crippen LogP contribution in [0.1, 0.15) is 0 Å². The molecular formula is C53H34N2O2. The second-order valence-electron chi connectivity index (χ2n) is 14.4. The van der Waals surface area contributed by atoms with E-state index in [0.29, 0.717) is 5.89 Å². The number of benzene rings is 9. The molecule has 0 aliphatic rings. The van der Waals surface area contributed by atoms with Gasteiger partial charge >= 0.3 is 0 Å². The van der Waals surface area contributed by atoms with Gasteiger partial charge in [0.2, 0.25) is 5.89 Å². The van der Waals surface area contributed by atoms with E-state index in [-0.39, 0.29) is 0 Å². The summed E-state index contributed by atoms with van der Waals surface area (Å²) in [5.41, 5.74) is 14.2. The molecule has 2 heterocycles. The lowest BCUT2D eigenvalue weighted by molar-refractivity contribution is 0.622. The number of hydrogen-bond donors (Lipinski definition) is 0. The molecule has 0 atom stereocenters. The van der Waals surface area contributed by atoms with Gasteiger partial charge in [-0.1, -0.05) is 133 Å². The van der Waals surface area contributed by atoms with Crippen molar-refractivity contribution in [1.82, 2.24) is 4.98 Å². The van der Waals surface area contributed by atoms with Crippen molar-refractivity contribution in [3.8, 4) is 44.8 Å². The molecule has 0 amide bonds. The summed E-state index contributed by atoms with van der Waals surface area (Å²) in [5.74, 6) is 0.598. The average Bonchev–Trinajstić information content (AvgIpc) is 3.89. The van der Waals surface area contributed by atoms with E-state index in [1.165, 1.54) is 27.5 Å². The van der Waals surface area contributed by atoms with Gasteiger partial charge in [-0.25, -0.2) is 4.98 Å². The van der Waals surface area contributed by atoms with Crippen molar-refractivity contribution in [3.63, 3.8) is 0 Å². The molecule has 0 radical (unpaired) electrons. The number of rotatable bonds is 7. The van der Waals surface area contributed by atoms with Gasteiger partial charge in [0, 0.05) is 27.9 Å². The summed E-state index contributed by atoms with van der Waals surface area (Å²) in [5, 5.41) is 4.38. The number of fused-ring (bicyclic) bond motifs is 6. The highest BCUT2D eigenvalue weighted by molar-refractivity contribution is 6.17. The molecule has 9 aromatic carbocycles. The van der Waals surface area contributed by atoms with Crippen molar-refractivity contribution in [2.75, 3.05) is 4.90 Å². The monoisotopic (exact) mass is 730 g/mol. The minimum atomic E-state index is 0.598. The molecule has 0 bridgehead atoms. The minimum Gasteiger partial charge on any atom is -0.456 e. The summed E-state index contributed by atoms with van der Waals surface area (Å²) >= 11 is 0. The molecular weight excluding hydrogens is 697 g/mol. The van der Waals surface area contributed by atoms with Crippen molar-refractivity contribution < 1.29 is 8.83 Å². The Balaban J connectivity index is 1.01. The third kappa shape index (κ3) is 5.83. The van der Waals surface area contributed by atoms with Gasteiger partial charge in [0.1, 0.15) is 16.7 Å². The van der Waals surface area contributed by atoms with Gasteiger partial charge in [0.25, 0.3) is 0 Å². The first-order valence-electron chi connectivity index (χ1n) is 19.2. The van der Waals surface area contributed by atoms with Crippen LogP contribution in [0.15, 0.2) is 215 Å². The lowest BCUT2D eigenvalue weighted by Crippen LogP contribution is -2.11. The molecule has 0 aliphatic carbocycles. The van der Waals surface area contributed by atoms with Crippen LogP contribution in [0.3, 0.4) is 0 Å². The Hall–Kier alpha value is -7.69. The summed E-state index contributed by atoms with van der Waals surface area (Å²) in [6.45, 7) is 0. The molecule has 4 nitrogen and oxygen atoms in total. The van der Waals surface area contributed by atoms with Crippen LogP contribution >= 0.6 is 0 Å². The number of nitrogens with zero attached hydrogens (tertiary/aromatic N) is 2. The Labute approximate surface area is 329 Å². The SMILES string of the molecule is c1ccc(-c2ccc(N(c3ccc(-c4ccc5oc6ccc7nc(-c8ccccc8)oc7c6c5c4)cc3)c3ccccc3-c3ccc4ccccc4c3)cc2)cc1. The minimum absolute atomic E-state index is 0.598. The number of para-hydroxylation sites is 1. The maximum absolute atomic E-state index is 6.42. The summed E-state index contributed by atoms with van der Waals surface area (Å²) in [7, 11) is 0. The van der Waals surface area contributed by atoms with Crippen molar-refractivity contribution in [3.05, 3.63) is 206 Å². The largest absolute Gasteiger partial charge is 0.456 e. The highest BCUT2D eigenvalue weighted by Gasteiger charge is 2.20. The smallest absolute Gasteiger partial charge is 0.227 e. The zero-order valence-corrected chi connectivity index (χ0v) is 30.8. The van der Waals surface area contributed by atoms with Crippen molar-refractivity contribution >= 4 is 60.9 Å². The molecule has 2 aromatic heterocycles. The number of hydrogen-bond acceptors (Lipinski definition) is 4. The zero-order chi connectivity index (χ0) is 37.7. The molecule has 0 saturated heterocycles. The highest BCUT2D eigenvalue weighted by Crippen LogP contribution is 2.43. The highest BCUT2D eigenvalue weighted by atomic mass is 16.4. The van der Waals surface area contributed by atoms with Crippen LogP contribution in [0.5, 0.6) is 0 Å². The molecule has 268 valence electrons. The van der Waals surface area contributed by atoms with Crippen LogP contribution < -0.4 is 4.90 Å². The summed E-state index contributed by atoms with van der Waals surface area (Å²) in [4.78, 5) is 7.18. The predicted molar refractivity (Wildman–Crippen MR) is 235 cm³/mol. The molecule has 0 saturated carbocycles. The molecule has 0 spiro atoms. The Morgan fingerprint density at radius 1 is 0.386 bits per heavy atom. The van der Waals surface area contributed by atoms with Crippen molar-refractivity contribution in [2.45, 2.75) is 0 Å². The maximum atomic E-state index is 6.42. The molecule has 0 N–H and O–H groups in total. The zero-order valence-electron chi connectivity index (χ0n) is 30.8. The summed E-state index contributed by atoms with van der Waals surface area (Å²) < 4.78 is 12.8. The first-order chi connectivity index (χ1) is 28.2. The van der Waals surface area contributed by atoms with Crippen LogP contribution in [0.25, 0.3) is 88.6 Å². The lowest BCUT2D eigenvalue weighted by Gasteiger charge is -2.28. The number of aromatic nitrogens is 1. The fraction of sp³-hybridized carbons (Fsp3) is 0. The van der Waals surface area contributed by atoms with Gasteiger partial charge in [-0.2, -0.15) is 0 Å². The summed E-state index contributed by atoms with van der Waals surface area (Å²) in [6.07, 6.45) is 0. The fourth-order valence-electron chi connectivity index (χ4n) is 8.06. The first kappa shape index (κ1) is 32.7. The van der Waals surface area contributed by atoms with Gasteiger partial charge in [0.15, 0.2) is 5.58 Å². The van der Waals surface area contributed by atoms with E-state index in [4.69, 9.17) is 13.8 Å². The van der Waals surface area contributed by atoms with Crippen LogP contribution in [-0.2, 0) is 0 Å². The standard InChI is InChI=1S/C53H34N2O2/c1-3-11-35(12-4-1)37-21-26-43(27-22-37)55(48-18-10-9-17-45(48)42-20-19-36-13-7-8-16-40(36)33-42)44-28-23-38(24-29-44)41-25-31-49-46(34-41)51-50(56-49)32-30-47-52(51)57-53(54-47)39-14-5-2-6-15-39/h1-34H. The van der Waals surface area contributed by atoms with Crippen LogP contribution in [0, 0.1) is 0 Å². The molecule has 0 unspecified atom stereocenters. The molecule has 0 aliphatic heterocycles. The quantitative estimate of drug-likeness (QED) is 0.164.